The summed E-state index contributed by atoms with van der Waals surface area (Å²) in [6, 6.07) is 1.96. The molecule has 0 fully saturated rings. The molecule has 3 N–H and O–H groups in total. The highest BCUT2D eigenvalue weighted by atomic mass is 19.4. The molecule has 4 nitrogen and oxygen atoms in total. The summed E-state index contributed by atoms with van der Waals surface area (Å²) in [5.41, 5.74) is 3.03. The van der Waals surface area contributed by atoms with Gasteiger partial charge >= 0.3 is 12.4 Å². The van der Waals surface area contributed by atoms with Crippen LogP contribution in [0.2, 0.25) is 0 Å². The van der Waals surface area contributed by atoms with E-state index in [1.54, 1.807) is 0 Å². The molecule has 0 bridgehead atoms. The quantitative estimate of drug-likeness (QED) is 0.296. The van der Waals surface area contributed by atoms with Crippen LogP contribution < -0.4 is 10.5 Å². The highest BCUT2D eigenvalue weighted by molar-refractivity contribution is 5.98. The summed E-state index contributed by atoms with van der Waals surface area (Å²) in [7, 11) is 0. The van der Waals surface area contributed by atoms with Crippen LogP contribution in [0.1, 0.15) is 11.1 Å². The second-order valence-electron chi connectivity index (χ2n) is 3.59. The van der Waals surface area contributed by atoms with Gasteiger partial charge in [-0.15, -0.1) is 0 Å². The number of nitrogens with two attached hydrogens (primary N) is 1. The maximum atomic E-state index is 12.7. The van der Waals surface area contributed by atoms with Crippen LogP contribution in [-0.4, -0.2) is 23.8 Å². The van der Waals surface area contributed by atoms with Gasteiger partial charge in [0.2, 0.25) is 0 Å². The number of nitrogens with zero attached hydrogens (tertiary/aromatic N) is 1. The first-order valence-electron chi connectivity index (χ1n) is 4.93. The third-order valence-electron chi connectivity index (χ3n) is 2.08. The van der Waals surface area contributed by atoms with E-state index in [1.807, 2.05) is 0 Å². The average Bonchev–Trinajstić information content (AvgIpc) is 2.33. The fraction of sp³-hybridized carbons (Fsp3) is 0.300. The van der Waals surface area contributed by atoms with Crippen molar-refractivity contribution in [2.45, 2.75) is 12.4 Å². The van der Waals surface area contributed by atoms with Crippen LogP contribution in [0.15, 0.2) is 23.4 Å². The van der Waals surface area contributed by atoms with Crippen molar-refractivity contribution in [3.8, 4) is 5.75 Å². The molecule has 0 heterocycles. The molecule has 1 aromatic carbocycles. The monoisotopic (exact) mass is 302 g/mol. The first kappa shape index (κ1) is 15.9. The maximum absolute atomic E-state index is 12.7. The lowest BCUT2D eigenvalue weighted by molar-refractivity contribution is -0.153. The van der Waals surface area contributed by atoms with E-state index < -0.39 is 41.7 Å². The largest absolute Gasteiger partial charge is 0.484 e. The summed E-state index contributed by atoms with van der Waals surface area (Å²) >= 11 is 0. The molecule has 1 aromatic rings. The highest BCUT2D eigenvalue weighted by Crippen LogP contribution is 2.34. The van der Waals surface area contributed by atoms with E-state index in [-0.39, 0.29) is 0 Å². The van der Waals surface area contributed by atoms with Gasteiger partial charge in [-0.05, 0) is 18.2 Å². The Morgan fingerprint density at radius 3 is 2.25 bits per heavy atom. The predicted molar refractivity (Wildman–Crippen MR) is 55.5 cm³/mol. The van der Waals surface area contributed by atoms with Gasteiger partial charge in [-0.1, -0.05) is 5.16 Å². The Kier molecular flexibility index (Phi) is 4.36. The summed E-state index contributed by atoms with van der Waals surface area (Å²) in [6.07, 6.45) is -9.58. The SMILES string of the molecule is N/C(=N\O)c1ccc(OCC(F)(F)F)cc1C(F)(F)F. The average molecular weight is 302 g/mol. The fourth-order valence-electron chi connectivity index (χ4n) is 1.29. The van der Waals surface area contributed by atoms with Crippen molar-refractivity contribution >= 4 is 5.84 Å². The minimum atomic E-state index is -4.90. The van der Waals surface area contributed by atoms with Crippen LogP contribution in [0.5, 0.6) is 5.75 Å². The number of benzene rings is 1. The van der Waals surface area contributed by atoms with Crippen LogP contribution in [0.25, 0.3) is 0 Å². The van der Waals surface area contributed by atoms with Crippen molar-refractivity contribution in [3.63, 3.8) is 0 Å². The van der Waals surface area contributed by atoms with Crippen molar-refractivity contribution in [3.05, 3.63) is 29.3 Å². The van der Waals surface area contributed by atoms with E-state index in [1.165, 1.54) is 0 Å². The third-order valence-corrected chi connectivity index (χ3v) is 2.08. The molecule has 112 valence electrons. The Bertz CT molecular complexity index is 509. The van der Waals surface area contributed by atoms with Crippen molar-refractivity contribution in [2.75, 3.05) is 6.61 Å². The van der Waals surface area contributed by atoms with Crippen LogP contribution in [0.4, 0.5) is 26.3 Å². The van der Waals surface area contributed by atoms with Crippen LogP contribution in [0, 0.1) is 0 Å². The standard InChI is InChI=1S/C10H8F6N2O2/c11-9(12,13)4-20-5-1-2-6(8(17)18-19)7(3-5)10(14,15)16/h1-3,19H,4H2,(H2,17,18). The van der Waals surface area contributed by atoms with E-state index in [2.05, 4.69) is 9.89 Å². The molecule has 1 rings (SSSR count). The molecule has 0 atom stereocenters. The lowest BCUT2D eigenvalue weighted by Crippen LogP contribution is -2.21. The zero-order valence-electron chi connectivity index (χ0n) is 9.59. The Labute approximate surface area is 108 Å². The summed E-state index contributed by atoms with van der Waals surface area (Å²) in [6.45, 7) is -1.73. The first-order chi connectivity index (χ1) is 9.04. The molecule has 0 amide bonds. The number of hydrogen-bond acceptors (Lipinski definition) is 3. The minimum Gasteiger partial charge on any atom is -0.484 e. The number of rotatable bonds is 3. The molecule has 0 spiro atoms. The first-order valence-corrected chi connectivity index (χ1v) is 4.93. The molecule has 0 unspecified atom stereocenters. The molecule has 0 aliphatic heterocycles. The molecule has 0 radical (unpaired) electrons. The molecule has 0 aliphatic rings. The Hall–Kier alpha value is -2.13. The van der Waals surface area contributed by atoms with Crippen LogP contribution in [0.3, 0.4) is 0 Å². The molecule has 0 saturated heterocycles. The Morgan fingerprint density at radius 1 is 1.20 bits per heavy atom. The van der Waals surface area contributed by atoms with Crippen LogP contribution >= 0.6 is 0 Å². The van der Waals surface area contributed by atoms with Gasteiger partial charge in [-0.25, -0.2) is 0 Å². The van der Waals surface area contributed by atoms with Gasteiger partial charge in [0.05, 0.1) is 5.56 Å². The number of ether oxygens (including phenoxy) is 1. The van der Waals surface area contributed by atoms with Crippen molar-refractivity contribution in [2.24, 2.45) is 10.9 Å². The van der Waals surface area contributed by atoms with E-state index in [0.717, 1.165) is 12.1 Å². The molecule has 20 heavy (non-hydrogen) atoms. The lowest BCUT2D eigenvalue weighted by Gasteiger charge is -2.15. The fourth-order valence-corrected chi connectivity index (χ4v) is 1.29. The summed E-state index contributed by atoms with van der Waals surface area (Å²) in [4.78, 5) is 0. The molecule has 10 heteroatoms. The van der Waals surface area contributed by atoms with Crippen molar-refractivity contribution in [1.29, 1.82) is 0 Å². The second kappa shape index (κ2) is 5.47. The van der Waals surface area contributed by atoms with Gasteiger partial charge in [-0.2, -0.15) is 26.3 Å². The topological polar surface area (TPSA) is 67.8 Å². The maximum Gasteiger partial charge on any atom is 0.422 e. The van der Waals surface area contributed by atoms with Gasteiger partial charge in [0, 0.05) is 5.56 Å². The number of hydrogen-bond donors (Lipinski definition) is 2. The molecule has 0 saturated carbocycles. The highest BCUT2D eigenvalue weighted by Gasteiger charge is 2.35. The van der Waals surface area contributed by atoms with E-state index in [9.17, 15) is 26.3 Å². The number of alkyl halides is 6. The normalized spacial score (nSPS) is 13.4. The van der Waals surface area contributed by atoms with Gasteiger partial charge in [-0.3, -0.25) is 0 Å². The summed E-state index contributed by atoms with van der Waals surface area (Å²) < 4.78 is 78.1. The molecular weight excluding hydrogens is 294 g/mol. The van der Waals surface area contributed by atoms with Gasteiger partial charge in [0.15, 0.2) is 12.4 Å². The second-order valence-corrected chi connectivity index (χ2v) is 3.59. The zero-order valence-corrected chi connectivity index (χ0v) is 9.59. The number of oxime groups is 1. The predicted octanol–water partition coefficient (Wildman–Crippen LogP) is 2.74. The third kappa shape index (κ3) is 4.21. The van der Waals surface area contributed by atoms with Crippen molar-refractivity contribution < 1.29 is 36.3 Å². The zero-order chi connectivity index (χ0) is 15.6. The van der Waals surface area contributed by atoms with Gasteiger partial charge in [0.25, 0.3) is 0 Å². The molecule has 0 aromatic heterocycles. The summed E-state index contributed by atoms with van der Waals surface area (Å²) in [5.74, 6) is -1.45. The number of amidine groups is 1. The molecular formula is C10H8F6N2O2. The van der Waals surface area contributed by atoms with Gasteiger partial charge < -0.3 is 15.7 Å². The van der Waals surface area contributed by atoms with E-state index in [0.29, 0.717) is 6.07 Å². The van der Waals surface area contributed by atoms with E-state index >= 15 is 0 Å². The lowest BCUT2D eigenvalue weighted by atomic mass is 10.1. The van der Waals surface area contributed by atoms with E-state index in [4.69, 9.17) is 10.9 Å². The van der Waals surface area contributed by atoms with Gasteiger partial charge in [0.1, 0.15) is 5.75 Å². The van der Waals surface area contributed by atoms with Crippen LogP contribution in [-0.2, 0) is 6.18 Å². The number of halogens is 6. The minimum absolute atomic E-state index is 0.346. The smallest absolute Gasteiger partial charge is 0.422 e. The molecule has 0 aliphatic carbocycles. The Balaban J connectivity index is 3.16. The van der Waals surface area contributed by atoms with Crippen molar-refractivity contribution in [1.82, 2.24) is 0 Å². The Morgan fingerprint density at radius 2 is 1.80 bits per heavy atom. The summed E-state index contributed by atoms with van der Waals surface area (Å²) in [5, 5.41) is 10.8.